The summed E-state index contributed by atoms with van der Waals surface area (Å²) in [6.07, 6.45) is 1.65. The number of nitrogens with zero attached hydrogens (tertiary/aromatic N) is 2. The van der Waals surface area contributed by atoms with Gasteiger partial charge in [-0.25, -0.2) is 9.18 Å². The van der Waals surface area contributed by atoms with Crippen LogP contribution in [-0.4, -0.2) is 58.2 Å². The van der Waals surface area contributed by atoms with Crippen LogP contribution in [-0.2, 0) is 9.47 Å². The summed E-state index contributed by atoms with van der Waals surface area (Å²) in [4.78, 5) is 39.8. The molecule has 0 saturated carbocycles. The summed E-state index contributed by atoms with van der Waals surface area (Å²) < 4.78 is 25.7. The minimum absolute atomic E-state index is 0.270. The van der Waals surface area contributed by atoms with Crippen LogP contribution in [0.1, 0.15) is 68.2 Å². The zero-order valence-electron chi connectivity index (χ0n) is 18.6. The largest absolute Gasteiger partial charge is 0.444 e. The van der Waals surface area contributed by atoms with Crippen molar-refractivity contribution in [2.75, 3.05) is 13.2 Å². The Hall–Kier alpha value is -2.74. The van der Waals surface area contributed by atoms with Gasteiger partial charge >= 0.3 is 6.09 Å². The van der Waals surface area contributed by atoms with Crippen LogP contribution in [0.15, 0.2) is 36.2 Å². The molecule has 8 heteroatoms. The van der Waals surface area contributed by atoms with E-state index in [4.69, 9.17) is 9.47 Å². The molecule has 0 N–H and O–H groups in total. The fourth-order valence-corrected chi connectivity index (χ4v) is 3.81. The number of fused-ring (bicyclic) bond motifs is 1. The summed E-state index contributed by atoms with van der Waals surface area (Å²) in [5, 5.41) is 0. The minimum Gasteiger partial charge on any atom is -0.444 e. The fourth-order valence-electron chi connectivity index (χ4n) is 3.81. The van der Waals surface area contributed by atoms with Crippen molar-refractivity contribution in [3.05, 3.63) is 47.3 Å². The highest BCUT2D eigenvalue weighted by Gasteiger charge is 2.45. The first-order chi connectivity index (χ1) is 14.4. The molecule has 0 spiro atoms. The Morgan fingerprint density at radius 1 is 1.23 bits per heavy atom. The maximum atomic E-state index is 14.5. The second-order valence-corrected chi connectivity index (χ2v) is 9.23. The van der Waals surface area contributed by atoms with Crippen LogP contribution in [0.3, 0.4) is 0 Å². The standard InChI is InChI=1S/C23H29FN2O5/c1-22(2,3)31-21(29)26-16(14-30-23(26,4)5)10-8-9-15(24)13-25-19(27)17-11-6-7-12-18(17)20(25)28/h6-7,9,11-12,16H,8,10,13-14H2,1-5H3/b15-9-/t16-/m0/s1. The second kappa shape index (κ2) is 8.42. The second-order valence-electron chi connectivity index (χ2n) is 9.23. The van der Waals surface area contributed by atoms with Gasteiger partial charge in [-0.2, -0.15) is 0 Å². The predicted octanol–water partition coefficient (Wildman–Crippen LogP) is 4.29. The third-order valence-corrected chi connectivity index (χ3v) is 5.22. The maximum Gasteiger partial charge on any atom is 0.412 e. The van der Waals surface area contributed by atoms with Gasteiger partial charge in [-0.1, -0.05) is 18.2 Å². The Balaban J connectivity index is 1.60. The van der Waals surface area contributed by atoms with Crippen LogP contribution in [0, 0.1) is 0 Å². The van der Waals surface area contributed by atoms with E-state index < -0.39 is 41.6 Å². The highest BCUT2D eigenvalue weighted by atomic mass is 19.1. The zero-order chi connectivity index (χ0) is 23.0. The molecule has 0 aromatic heterocycles. The molecule has 1 saturated heterocycles. The highest BCUT2D eigenvalue weighted by Crippen LogP contribution is 2.31. The van der Waals surface area contributed by atoms with Gasteiger partial charge in [-0.05, 0) is 59.6 Å². The molecule has 2 aliphatic rings. The van der Waals surface area contributed by atoms with Gasteiger partial charge < -0.3 is 9.47 Å². The van der Waals surface area contributed by atoms with Crippen molar-refractivity contribution in [1.29, 1.82) is 0 Å². The van der Waals surface area contributed by atoms with Crippen molar-refractivity contribution < 1.29 is 28.2 Å². The van der Waals surface area contributed by atoms with Crippen molar-refractivity contribution >= 4 is 17.9 Å². The lowest BCUT2D eigenvalue weighted by Crippen LogP contribution is -2.49. The predicted molar refractivity (Wildman–Crippen MR) is 112 cm³/mol. The van der Waals surface area contributed by atoms with E-state index >= 15 is 0 Å². The van der Waals surface area contributed by atoms with Crippen molar-refractivity contribution in [2.24, 2.45) is 0 Å². The molecule has 2 aliphatic heterocycles. The van der Waals surface area contributed by atoms with Crippen LogP contribution in [0.25, 0.3) is 0 Å². The minimum atomic E-state index is -0.824. The van der Waals surface area contributed by atoms with Crippen LogP contribution in [0.4, 0.5) is 9.18 Å². The normalized spacial score (nSPS) is 21.0. The van der Waals surface area contributed by atoms with E-state index in [0.29, 0.717) is 30.6 Å². The number of benzene rings is 1. The Kier molecular flexibility index (Phi) is 6.23. The lowest BCUT2D eigenvalue weighted by Gasteiger charge is -2.35. The van der Waals surface area contributed by atoms with Gasteiger partial charge in [0.25, 0.3) is 11.8 Å². The number of allylic oxidation sites excluding steroid dienone is 1. The molecule has 3 amide bonds. The van der Waals surface area contributed by atoms with E-state index in [-0.39, 0.29) is 6.04 Å². The number of hydrogen-bond donors (Lipinski definition) is 0. The van der Waals surface area contributed by atoms with Crippen LogP contribution in [0.5, 0.6) is 0 Å². The van der Waals surface area contributed by atoms with E-state index in [1.807, 2.05) is 0 Å². The highest BCUT2D eigenvalue weighted by molar-refractivity contribution is 6.21. The van der Waals surface area contributed by atoms with Crippen molar-refractivity contribution in [3.63, 3.8) is 0 Å². The molecule has 31 heavy (non-hydrogen) atoms. The first-order valence-electron chi connectivity index (χ1n) is 10.4. The van der Waals surface area contributed by atoms with E-state index in [0.717, 1.165) is 4.90 Å². The fraction of sp³-hybridized carbons (Fsp3) is 0.522. The van der Waals surface area contributed by atoms with Crippen molar-refractivity contribution in [1.82, 2.24) is 9.80 Å². The molecule has 0 bridgehead atoms. The third-order valence-electron chi connectivity index (χ3n) is 5.22. The van der Waals surface area contributed by atoms with E-state index in [1.54, 1.807) is 63.8 Å². The maximum absolute atomic E-state index is 14.5. The van der Waals surface area contributed by atoms with Gasteiger partial charge in [0.15, 0.2) is 0 Å². The molecule has 1 aromatic carbocycles. The van der Waals surface area contributed by atoms with E-state index in [1.165, 1.54) is 6.08 Å². The number of rotatable bonds is 5. The summed E-state index contributed by atoms with van der Waals surface area (Å²) in [6, 6.07) is 6.19. The van der Waals surface area contributed by atoms with E-state index in [9.17, 15) is 18.8 Å². The van der Waals surface area contributed by atoms with Gasteiger partial charge in [0, 0.05) is 0 Å². The molecule has 168 valence electrons. The molecule has 3 rings (SSSR count). The quantitative estimate of drug-likeness (QED) is 0.649. The summed E-state index contributed by atoms with van der Waals surface area (Å²) in [7, 11) is 0. The lowest BCUT2D eigenvalue weighted by molar-refractivity contribution is -0.0626. The Bertz CT molecular complexity index is 884. The first-order valence-corrected chi connectivity index (χ1v) is 10.4. The van der Waals surface area contributed by atoms with Crippen molar-refractivity contribution in [2.45, 2.75) is 64.8 Å². The van der Waals surface area contributed by atoms with Crippen LogP contribution >= 0.6 is 0 Å². The Labute approximate surface area is 181 Å². The molecule has 2 heterocycles. The average molecular weight is 432 g/mol. The average Bonchev–Trinajstić information content (AvgIpc) is 3.09. The molecule has 0 radical (unpaired) electrons. The molecule has 0 unspecified atom stereocenters. The van der Waals surface area contributed by atoms with E-state index in [2.05, 4.69) is 0 Å². The van der Waals surface area contributed by atoms with Crippen LogP contribution in [0.2, 0.25) is 0 Å². The summed E-state index contributed by atoms with van der Waals surface area (Å²) in [5.74, 6) is -1.56. The topological polar surface area (TPSA) is 76.2 Å². The van der Waals surface area contributed by atoms with Gasteiger partial charge in [-0.15, -0.1) is 0 Å². The number of ether oxygens (including phenoxy) is 2. The van der Waals surface area contributed by atoms with Gasteiger partial charge in [0.05, 0.1) is 30.3 Å². The number of carbonyl (C=O) groups is 3. The Morgan fingerprint density at radius 3 is 2.35 bits per heavy atom. The SMILES string of the molecule is CC(C)(C)OC(=O)N1[C@@H](CC/C=C(\F)CN2C(=O)c3ccccc3C2=O)COC1(C)C. The molecule has 1 fully saturated rings. The lowest BCUT2D eigenvalue weighted by atomic mass is 10.1. The molecular formula is C23H29FN2O5. The zero-order valence-corrected chi connectivity index (χ0v) is 18.6. The third kappa shape index (κ3) is 4.95. The molecule has 1 atom stereocenters. The number of imide groups is 1. The molecule has 7 nitrogen and oxygen atoms in total. The molecule has 0 aliphatic carbocycles. The monoisotopic (exact) mass is 432 g/mol. The number of carbonyl (C=O) groups excluding carboxylic acids is 3. The summed E-state index contributed by atoms with van der Waals surface area (Å²) >= 11 is 0. The number of hydrogen-bond acceptors (Lipinski definition) is 5. The van der Waals surface area contributed by atoms with Gasteiger partial charge in [0.1, 0.15) is 17.2 Å². The molecular weight excluding hydrogens is 403 g/mol. The summed E-state index contributed by atoms with van der Waals surface area (Å²) in [5.41, 5.74) is -0.883. The van der Waals surface area contributed by atoms with Crippen LogP contribution < -0.4 is 0 Å². The number of amides is 3. The molecule has 1 aromatic rings. The summed E-state index contributed by atoms with van der Waals surface area (Å²) in [6.45, 7) is 8.86. The van der Waals surface area contributed by atoms with Gasteiger partial charge in [-0.3, -0.25) is 19.4 Å². The smallest absolute Gasteiger partial charge is 0.412 e. The first kappa shape index (κ1) is 22.9. The Morgan fingerprint density at radius 2 is 1.81 bits per heavy atom. The van der Waals surface area contributed by atoms with Crippen molar-refractivity contribution in [3.8, 4) is 0 Å². The number of halogens is 1. The van der Waals surface area contributed by atoms with Gasteiger partial charge in [0.2, 0.25) is 0 Å².